The van der Waals surface area contributed by atoms with E-state index >= 15 is 8.78 Å². The lowest BCUT2D eigenvalue weighted by atomic mass is 9.98. The maximum Gasteiger partial charge on any atom is 0.407 e. The third-order valence-corrected chi connectivity index (χ3v) is 13.5. The van der Waals surface area contributed by atoms with Gasteiger partial charge < -0.3 is 49.3 Å². The second-order valence-corrected chi connectivity index (χ2v) is 18.0. The van der Waals surface area contributed by atoms with Crippen LogP contribution in [0.5, 0.6) is 0 Å². The average Bonchev–Trinajstić information content (AvgIpc) is 4.23. The van der Waals surface area contributed by atoms with E-state index < -0.39 is 42.0 Å². The molecule has 68 heavy (non-hydrogen) atoms. The first-order valence-electron chi connectivity index (χ1n) is 22.6. The van der Waals surface area contributed by atoms with Crippen LogP contribution in [0.3, 0.4) is 0 Å². The molecule has 4 aliphatic rings. The van der Waals surface area contributed by atoms with Gasteiger partial charge in [-0.25, -0.2) is 19.6 Å². The number of ether oxygens (including phenoxy) is 4. The minimum atomic E-state index is -3.33. The van der Waals surface area contributed by atoms with Crippen molar-refractivity contribution < 1.29 is 46.9 Å². The number of fused-ring (bicyclic) bond motifs is 4. The fourth-order valence-electron chi connectivity index (χ4n) is 10.1. The maximum atomic E-state index is 16.7. The van der Waals surface area contributed by atoms with Crippen LogP contribution < -0.4 is 10.6 Å². The number of aromatic amines is 2. The molecular formula is C50H50F2N8O8. The number of hydrogen-bond donors (Lipinski definition) is 4. The molecule has 0 bridgehead atoms. The molecule has 16 nitrogen and oxygen atoms in total. The van der Waals surface area contributed by atoms with Gasteiger partial charge in [-0.05, 0) is 70.8 Å². The number of alkyl halides is 2. The molecule has 4 N–H and O–H groups in total. The predicted octanol–water partition coefficient (Wildman–Crippen LogP) is 7.90. The minimum absolute atomic E-state index is 0.108. The van der Waals surface area contributed by atoms with Gasteiger partial charge in [-0.3, -0.25) is 9.59 Å². The zero-order chi connectivity index (χ0) is 47.5. The van der Waals surface area contributed by atoms with E-state index in [1.54, 1.807) is 58.5 Å². The molecule has 1 aliphatic carbocycles. The number of methoxy groups -OCH3 is 2. The summed E-state index contributed by atoms with van der Waals surface area (Å²) >= 11 is 0. The first-order valence-corrected chi connectivity index (χ1v) is 22.6. The van der Waals surface area contributed by atoms with Crippen LogP contribution in [0, 0.1) is 5.92 Å². The van der Waals surface area contributed by atoms with E-state index in [1.807, 2.05) is 44.2 Å². The second kappa shape index (κ2) is 17.5. The number of carbonyl (C=O) groups excluding carboxylic acids is 4. The van der Waals surface area contributed by atoms with Crippen molar-refractivity contribution in [2.24, 2.45) is 5.92 Å². The molecule has 352 valence electrons. The maximum absolute atomic E-state index is 16.7. The third-order valence-electron chi connectivity index (χ3n) is 13.5. The first-order chi connectivity index (χ1) is 32.8. The van der Waals surface area contributed by atoms with Crippen molar-refractivity contribution in [3.63, 3.8) is 0 Å². The standard InChI is InChI=1S/C50H50F2N8O8/c1-27(2)41(57-47(63)65-3)45(61)60-26-49(67-19-20-68-49)24-40(60)43-53-25-38(56-43)31-13-16-33-32-15-12-29(21-34(32)50(51,52)35(33)22-31)30-14-17-36-37(23-30)55-44(54-36)39-11-8-18-59(39)46(62)42(58-48(64)66-4)28-9-6-5-7-10-28/h5-7,9-10,12-17,21-23,25,27,39-42H,8,11,18-20,24,26H2,1-4H3,(H,53,56)(H,54,55)(H,57,63)(H,58,64)/t39-,40-,41-,42?/m0/s1. The summed E-state index contributed by atoms with van der Waals surface area (Å²) in [4.78, 5) is 72.2. The highest BCUT2D eigenvalue weighted by molar-refractivity contribution is 5.89. The Bertz CT molecular complexity index is 2930. The van der Waals surface area contributed by atoms with Crippen LogP contribution in [0.1, 0.15) is 79.6 Å². The SMILES string of the molecule is COC(=O)NC(C(=O)N1CCC[C@H]1c1nc2ccc(-c3ccc4c(c3)C(F)(F)c3cc(-c5cnc([C@@H]6CC7(CN6C(=O)[C@@H](NC(=O)OC)C(C)C)OCCO7)[nH]5)ccc3-4)cc2[nH]1)c1ccccc1. The van der Waals surface area contributed by atoms with E-state index in [1.165, 1.54) is 26.4 Å². The molecule has 4 aromatic carbocycles. The normalized spacial score (nSPS) is 19.8. The van der Waals surface area contributed by atoms with Crippen LogP contribution in [0.15, 0.2) is 91.1 Å². The molecule has 18 heteroatoms. The smallest absolute Gasteiger partial charge is 0.407 e. The summed E-state index contributed by atoms with van der Waals surface area (Å²) in [7, 11) is 2.48. The van der Waals surface area contributed by atoms with Crippen molar-refractivity contribution >= 4 is 35.0 Å². The van der Waals surface area contributed by atoms with Gasteiger partial charge >= 0.3 is 12.2 Å². The molecule has 4 amide bonds. The van der Waals surface area contributed by atoms with Gasteiger partial charge in [0.2, 0.25) is 5.91 Å². The van der Waals surface area contributed by atoms with Gasteiger partial charge in [0.1, 0.15) is 23.7 Å². The molecule has 0 saturated carbocycles. The van der Waals surface area contributed by atoms with E-state index in [2.05, 4.69) is 25.6 Å². The number of imidazole rings is 2. The number of nitrogens with one attached hydrogen (secondary N) is 4. The summed E-state index contributed by atoms with van der Waals surface area (Å²) in [5.41, 5.74) is 4.82. The number of hydrogen-bond acceptors (Lipinski definition) is 10. The lowest BCUT2D eigenvalue weighted by molar-refractivity contribution is -0.153. The summed E-state index contributed by atoms with van der Waals surface area (Å²) in [5, 5.41) is 5.33. The average molecular weight is 929 g/mol. The van der Waals surface area contributed by atoms with Crippen LogP contribution in [-0.4, -0.2) is 106 Å². The molecule has 1 unspecified atom stereocenters. The second-order valence-electron chi connectivity index (χ2n) is 18.0. The van der Waals surface area contributed by atoms with Gasteiger partial charge in [-0.2, -0.15) is 8.78 Å². The highest BCUT2D eigenvalue weighted by Gasteiger charge is 2.53. The van der Waals surface area contributed by atoms with Crippen LogP contribution in [-0.2, 0) is 34.5 Å². The van der Waals surface area contributed by atoms with E-state index in [0.717, 1.165) is 6.42 Å². The topological polar surface area (TPSA) is 193 Å². The molecule has 3 saturated heterocycles. The Labute approximate surface area is 389 Å². The summed E-state index contributed by atoms with van der Waals surface area (Å²) in [6.07, 6.45) is 1.78. The van der Waals surface area contributed by atoms with Crippen LogP contribution in [0.4, 0.5) is 18.4 Å². The summed E-state index contributed by atoms with van der Waals surface area (Å²) in [6.45, 7) is 4.94. The zero-order valence-corrected chi connectivity index (χ0v) is 37.8. The van der Waals surface area contributed by atoms with Crippen LogP contribution >= 0.6 is 0 Å². The van der Waals surface area contributed by atoms with E-state index in [9.17, 15) is 19.2 Å². The van der Waals surface area contributed by atoms with Gasteiger partial charge in [-0.15, -0.1) is 0 Å². The number of amides is 4. The van der Waals surface area contributed by atoms with Crippen molar-refractivity contribution in [3.05, 3.63) is 119 Å². The van der Waals surface area contributed by atoms with Crippen LogP contribution in [0.25, 0.3) is 44.5 Å². The monoisotopic (exact) mass is 928 g/mol. The molecule has 0 radical (unpaired) electrons. The van der Waals surface area contributed by atoms with Gasteiger partial charge in [0, 0.05) is 29.7 Å². The fraction of sp³-hybridized carbons (Fsp3) is 0.360. The number of alkyl carbamates (subject to hydrolysis) is 2. The van der Waals surface area contributed by atoms with E-state index in [0.29, 0.717) is 87.9 Å². The van der Waals surface area contributed by atoms with Crippen molar-refractivity contribution in [1.82, 2.24) is 40.4 Å². The lowest BCUT2D eigenvalue weighted by Crippen LogP contribution is -2.52. The molecular weight excluding hydrogens is 879 g/mol. The molecule has 5 heterocycles. The number of H-pyrrole nitrogens is 2. The van der Waals surface area contributed by atoms with E-state index in [-0.39, 0.29) is 47.9 Å². The number of likely N-dealkylation sites (tertiary alicyclic amines) is 2. The zero-order valence-electron chi connectivity index (χ0n) is 37.8. The number of benzene rings is 4. The molecule has 3 fully saturated rings. The molecule has 10 rings (SSSR count). The fourth-order valence-corrected chi connectivity index (χ4v) is 10.1. The third kappa shape index (κ3) is 7.90. The summed E-state index contributed by atoms with van der Waals surface area (Å²) in [5.74, 6) is -4.29. The number of nitrogens with zero attached hydrogens (tertiary/aromatic N) is 4. The highest BCUT2D eigenvalue weighted by Crippen LogP contribution is 2.53. The molecule has 1 spiro atoms. The van der Waals surface area contributed by atoms with Crippen molar-refractivity contribution in [2.75, 3.05) is 40.5 Å². The number of carbonyl (C=O) groups is 4. The number of aromatic nitrogens is 4. The first kappa shape index (κ1) is 44.6. The highest BCUT2D eigenvalue weighted by atomic mass is 19.3. The minimum Gasteiger partial charge on any atom is -0.453 e. The summed E-state index contributed by atoms with van der Waals surface area (Å²) in [6, 6.07) is 21.7. The molecule has 6 aromatic rings. The van der Waals surface area contributed by atoms with Gasteiger partial charge in [-0.1, -0.05) is 74.5 Å². The molecule has 2 aromatic heterocycles. The van der Waals surface area contributed by atoms with Gasteiger partial charge in [0.25, 0.3) is 11.8 Å². The lowest BCUT2D eigenvalue weighted by Gasteiger charge is -2.30. The predicted molar refractivity (Wildman–Crippen MR) is 244 cm³/mol. The Hall–Kier alpha value is -7.18. The van der Waals surface area contributed by atoms with Gasteiger partial charge in [0.05, 0.1) is 69.0 Å². The van der Waals surface area contributed by atoms with Crippen molar-refractivity contribution in [3.8, 4) is 33.5 Å². The van der Waals surface area contributed by atoms with Gasteiger partial charge in [0.15, 0.2) is 5.79 Å². The number of rotatable bonds is 10. The van der Waals surface area contributed by atoms with Crippen molar-refractivity contribution in [2.45, 2.75) is 69.0 Å². The van der Waals surface area contributed by atoms with Crippen LogP contribution in [0.2, 0.25) is 0 Å². The molecule has 4 atom stereocenters. The Balaban J connectivity index is 0.890. The Kier molecular flexibility index (Phi) is 11.5. The molecule has 3 aliphatic heterocycles. The Morgan fingerprint density at radius 2 is 1.44 bits per heavy atom. The quantitative estimate of drug-likeness (QED) is 0.105. The number of halogens is 2. The summed E-state index contributed by atoms with van der Waals surface area (Å²) < 4.78 is 55.1. The van der Waals surface area contributed by atoms with Crippen molar-refractivity contribution in [1.29, 1.82) is 0 Å². The van der Waals surface area contributed by atoms with E-state index in [4.69, 9.17) is 23.9 Å². The largest absolute Gasteiger partial charge is 0.453 e. The Morgan fingerprint density at radius 3 is 2.15 bits per heavy atom. The Morgan fingerprint density at radius 1 is 0.779 bits per heavy atom.